The first-order valence-electron chi connectivity index (χ1n) is 9.16. The van der Waals surface area contributed by atoms with Crippen molar-refractivity contribution >= 4 is 5.95 Å². The summed E-state index contributed by atoms with van der Waals surface area (Å²) in [7, 11) is 0. The van der Waals surface area contributed by atoms with Crippen LogP contribution in [0.15, 0.2) is 42.7 Å². The molecular weight excluding hydrogens is 317 g/mol. The molecule has 2 fully saturated rings. The van der Waals surface area contributed by atoms with Crippen molar-refractivity contribution in [3.05, 3.63) is 54.1 Å². The van der Waals surface area contributed by atoms with Gasteiger partial charge in [0.05, 0.1) is 18.5 Å². The van der Waals surface area contributed by atoms with Gasteiger partial charge in [0.25, 0.3) is 0 Å². The molecule has 1 aromatic carbocycles. The van der Waals surface area contributed by atoms with Crippen molar-refractivity contribution in [1.29, 1.82) is 0 Å². The summed E-state index contributed by atoms with van der Waals surface area (Å²) in [4.78, 5) is 10.5. The van der Waals surface area contributed by atoms with Gasteiger partial charge in [-0.2, -0.15) is 0 Å². The summed E-state index contributed by atoms with van der Waals surface area (Å²) in [6.45, 7) is 2.59. The molecule has 132 valence electrons. The molecule has 0 bridgehead atoms. The van der Waals surface area contributed by atoms with Crippen molar-refractivity contribution in [2.24, 2.45) is 11.8 Å². The summed E-state index contributed by atoms with van der Waals surface area (Å²) >= 11 is 0. The SMILES string of the molecule is Fc1cnc(N2CC[C@@H](OCC3CC3)[C@H](Cc3ccccc3)C2)nc1. The minimum Gasteiger partial charge on any atom is -0.377 e. The molecule has 2 aliphatic rings. The van der Waals surface area contributed by atoms with E-state index in [4.69, 9.17) is 4.74 Å². The van der Waals surface area contributed by atoms with Crippen molar-refractivity contribution in [2.45, 2.75) is 31.8 Å². The Kier molecular flexibility index (Phi) is 4.92. The zero-order valence-electron chi connectivity index (χ0n) is 14.4. The van der Waals surface area contributed by atoms with Gasteiger partial charge < -0.3 is 9.64 Å². The molecule has 1 aromatic heterocycles. The average Bonchev–Trinajstić information content (AvgIpc) is 3.47. The van der Waals surface area contributed by atoms with Crippen LogP contribution in [0.2, 0.25) is 0 Å². The van der Waals surface area contributed by atoms with Crippen molar-refractivity contribution < 1.29 is 9.13 Å². The summed E-state index contributed by atoms with van der Waals surface area (Å²) in [6.07, 6.45) is 7.32. The second-order valence-electron chi connectivity index (χ2n) is 7.20. The van der Waals surface area contributed by atoms with Crippen LogP contribution in [0.1, 0.15) is 24.8 Å². The number of hydrogen-bond donors (Lipinski definition) is 0. The molecule has 1 aliphatic carbocycles. The van der Waals surface area contributed by atoms with Crippen LogP contribution < -0.4 is 4.90 Å². The lowest BCUT2D eigenvalue weighted by molar-refractivity contribution is -0.00501. The Bertz CT molecular complexity index is 675. The van der Waals surface area contributed by atoms with Gasteiger partial charge in [0.1, 0.15) is 0 Å². The Labute approximate surface area is 148 Å². The highest BCUT2D eigenvalue weighted by atomic mass is 19.1. The monoisotopic (exact) mass is 341 g/mol. The van der Waals surface area contributed by atoms with Gasteiger partial charge in [0, 0.05) is 25.6 Å². The maximum absolute atomic E-state index is 13.1. The molecule has 0 N–H and O–H groups in total. The number of benzene rings is 1. The molecule has 5 heteroatoms. The van der Waals surface area contributed by atoms with E-state index in [1.165, 1.54) is 30.8 Å². The lowest BCUT2D eigenvalue weighted by atomic mass is 9.88. The Morgan fingerprint density at radius 2 is 1.84 bits per heavy atom. The normalized spacial score (nSPS) is 23.6. The summed E-state index contributed by atoms with van der Waals surface area (Å²) < 4.78 is 19.4. The summed E-state index contributed by atoms with van der Waals surface area (Å²) in [5, 5.41) is 0. The molecule has 2 atom stereocenters. The van der Waals surface area contributed by atoms with E-state index in [2.05, 4.69) is 39.1 Å². The quantitative estimate of drug-likeness (QED) is 0.806. The Morgan fingerprint density at radius 3 is 2.56 bits per heavy atom. The van der Waals surface area contributed by atoms with Gasteiger partial charge in [-0.3, -0.25) is 0 Å². The number of aromatic nitrogens is 2. The topological polar surface area (TPSA) is 38.2 Å². The third kappa shape index (κ3) is 4.34. The number of rotatable bonds is 6. The van der Waals surface area contributed by atoms with Crippen molar-refractivity contribution in [1.82, 2.24) is 9.97 Å². The first-order chi connectivity index (χ1) is 12.3. The van der Waals surface area contributed by atoms with Gasteiger partial charge in [0.2, 0.25) is 5.95 Å². The van der Waals surface area contributed by atoms with Crippen LogP contribution in [-0.4, -0.2) is 35.8 Å². The largest absolute Gasteiger partial charge is 0.377 e. The second-order valence-corrected chi connectivity index (χ2v) is 7.20. The molecule has 2 aromatic rings. The number of piperidine rings is 1. The smallest absolute Gasteiger partial charge is 0.225 e. The van der Waals surface area contributed by atoms with Crippen LogP contribution >= 0.6 is 0 Å². The summed E-state index contributed by atoms with van der Waals surface area (Å²) in [6, 6.07) is 10.6. The lowest BCUT2D eigenvalue weighted by Crippen LogP contribution is -2.46. The molecular formula is C20H24FN3O. The van der Waals surface area contributed by atoms with Crippen LogP contribution in [0.3, 0.4) is 0 Å². The molecule has 0 spiro atoms. The van der Waals surface area contributed by atoms with Gasteiger partial charge >= 0.3 is 0 Å². The van der Waals surface area contributed by atoms with E-state index in [0.29, 0.717) is 11.9 Å². The van der Waals surface area contributed by atoms with E-state index in [9.17, 15) is 4.39 Å². The molecule has 0 unspecified atom stereocenters. The number of nitrogens with zero attached hydrogens (tertiary/aromatic N) is 3. The molecule has 1 aliphatic heterocycles. The van der Waals surface area contributed by atoms with Gasteiger partial charge in [-0.15, -0.1) is 0 Å². The Hall–Kier alpha value is -2.01. The maximum atomic E-state index is 13.1. The summed E-state index contributed by atoms with van der Waals surface area (Å²) in [5.74, 6) is 1.38. The zero-order valence-corrected chi connectivity index (χ0v) is 14.4. The highest BCUT2D eigenvalue weighted by Crippen LogP contribution is 2.32. The molecule has 1 saturated carbocycles. The minimum atomic E-state index is -0.396. The molecule has 1 saturated heterocycles. The third-order valence-electron chi connectivity index (χ3n) is 5.14. The number of anilines is 1. The number of hydrogen-bond acceptors (Lipinski definition) is 4. The van der Waals surface area contributed by atoms with Gasteiger partial charge in [-0.05, 0) is 37.2 Å². The fourth-order valence-electron chi connectivity index (χ4n) is 3.54. The first-order valence-corrected chi connectivity index (χ1v) is 9.16. The van der Waals surface area contributed by atoms with Crippen LogP contribution in [-0.2, 0) is 11.2 Å². The number of ether oxygens (including phenoxy) is 1. The van der Waals surface area contributed by atoms with Crippen molar-refractivity contribution in [3.8, 4) is 0 Å². The fourth-order valence-corrected chi connectivity index (χ4v) is 3.54. The third-order valence-corrected chi connectivity index (χ3v) is 5.14. The van der Waals surface area contributed by atoms with E-state index < -0.39 is 5.82 Å². The second kappa shape index (κ2) is 7.48. The van der Waals surface area contributed by atoms with E-state index in [1.54, 1.807) is 0 Å². The van der Waals surface area contributed by atoms with Gasteiger partial charge in [-0.25, -0.2) is 14.4 Å². The predicted octanol–water partition coefficient (Wildman–Crippen LogP) is 3.48. The Morgan fingerprint density at radius 1 is 1.08 bits per heavy atom. The van der Waals surface area contributed by atoms with Crippen molar-refractivity contribution in [3.63, 3.8) is 0 Å². The Balaban J connectivity index is 1.46. The maximum Gasteiger partial charge on any atom is 0.225 e. The lowest BCUT2D eigenvalue weighted by Gasteiger charge is -2.38. The van der Waals surface area contributed by atoms with E-state index >= 15 is 0 Å². The number of halogens is 1. The van der Waals surface area contributed by atoms with Crippen LogP contribution in [0.5, 0.6) is 0 Å². The molecule has 4 rings (SSSR count). The highest BCUT2D eigenvalue weighted by Gasteiger charge is 2.33. The van der Waals surface area contributed by atoms with Crippen molar-refractivity contribution in [2.75, 3.05) is 24.6 Å². The van der Waals surface area contributed by atoms with E-state index in [-0.39, 0.29) is 6.10 Å². The van der Waals surface area contributed by atoms with E-state index in [0.717, 1.165) is 38.5 Å². The molecule has 2 heterocycles. The molecule has 25 heavy (non-hydrogen) atoms. The van der Waals surface area contributed by atoms with Crippen LogP contribution in [0.4, 0.5) is 10.3 Å². The fraction of sp³-hybridized carbons (Fsp3) is 0.500. The molecule has 0 amide bonds. The standard InChI is InChI=1S/C20H24FN3O/c21-18-11-22-20(23-12-18)24-9-8-19(25-14-16-6-7-16)17(13-24)10-15-4-2-1-3-5-15/h1-5,11-12,16-17,19H,6-10,13-14H2/t17-,19-/m1/s1. The van der Waals surface area contributed by atoms with Crippen LogP contribution in [0, 0.1) is 17.7 Å². The minimum absolute atomic E-state index is 0.275. The molecule has 0 radical (unpaired) electrons. The first kappa shape index (κ1) is 16.5. The predicted molar refractivity (Wildman–Crippen MR) is 94.9 cm³/mol. The van der Waals surface area contributed by atoms with Gasteiger partial charge in [0.15, 0.2) is 5.82 Å². The van der Waals surface area contributed by atoms with Crippen LogP contribution in [0.25, 0.3) is 0 Å². The molecule has 4 nitrogen and oxygen atoms in total. The average molecular weight is 341 g/mol. The summed E-state index contributed by atoms with van der Waals surface area (Å²) in [5.41, 5.74) is 1.33. The van der Waals surface area contributed by atoms with E-state index in [1.807, 2.05) is 6.07 Å². The van der Waals surface area contributed by atoms with Gasteiger partial charge in [-0.1, -0.05) is 30.3 Å². The zero-order chi connectivity index (χ0) is 17.1. The highest BCUT2D eigenvalue weighted by molar-refractivity contribution is 5.30.